The van der Waals surface area contributed by atoms with Crippen LogP contribution < -0.4 is 0 Å². The molecule has 0 unspecified atom stereocenters. The van der Waals surface area contributed by atoms with Crippen molar-refractivity contribution in [1.29, 1.82) is 0 Å². The van der Waals surface area contributed by atoms with Gasteiger partial charge in [-0.05, 0) is 0 Å². The predicted molar refractivity (Wildman–Crippen MR) is 42.6 cm³/mol. The molecular weight excluding hydrogens is 161 g/mol. The minimum Gasteiger partial charge on any atom is -0.358 e. The van der Waals surface area contributed by atoms with Gasteiger partial charge in [0.25, 0.3) is 0 Å². The molecule has 0 saturated carbocycles. The molecule has 0 aromatic heterocycles. The summed E-state index contributed by atoms with van der Waals surface area (Å²) in [7, 11) is 0. The summed E-state index contributed by atoms with van der Waals surface area (Å²) in [5.41, 5.74) is 0. The van der Waals surface area contributed by atoms with Crippen LogP contribution in [0.25, 0.3) is 0 Å². The first-order chi connectivity index (χ1) is 2.91. The molecule has 54 valence electrons. The van der Waals surface area contributed by atoms with Crippen LogP contribution >= 0.6 is 0 Å². The van der Waals surface area contributed by atoms with E-state index in [1.165, 1.54) is 25.7 Å². The Morgan fingerprint density at radius 1 is 0.778 bits per heavy atom. The van der Waals surface area contributed by atoms with E-state index in [1.807, 2.05) is 0 Å². The van der Waals surface area contributed by atoms with Gasteiger partial charge in [0, 0.05) is 0 Å². The van der Waals surface area contributed by atoms with Gasteiger partial charge in [-0.3, -0.25) is 0 Å². The maximum atomic E-state index is 2.23. The van der Waals surface area contributed by atoms with E-state index in [2.05, 4.69) is 13.8 Å². The molecule has 0 rings (SSSR count). The molecule has 0 radical (unpaired) electrons. The molecule has 0 aromatic rings. The first kappa shape index (κ1) is 22.6. The second-order valence-electron chi connectivity index (χ2n) is 1.71. The molecule has 0 N–H and O–H groups in total. The largest absolute Gasteiger partial charge is 2.00 e. The second-order valence-corrected chi connectivity index (χ2v) is 1.71. The smallest absolute Gasteiger partial charge is 0.358 e. The van der Waals surface area contributed by atoms with Crippen molar-refractivity contribution in [2.75, 3.05) is 0 Å². The molecule has 0 aliphatic carbocycles. The zero-order chi connectivity index (χ0) is 4.83. The average molecular weight is 182 g/mol. The standard InChI is InChI=1S/C6H14.2CH3.Zn/c1-3-5-6-4-2;;;/h3-6H2,1-2H3;2*1H3;/q;2*-1;+2. The maximum absolute atomic E-state index is 2.23. The Hall–Kier alpha value is 0.623. The molecule has 0 aliphatic heterocycles. The Labute approximate surface area is 74.2 Å². The van der Waals surface area contributed by atoms with Crippen molar-refractivity contribution >= 4 is 0 Å². The van der Waals surface area contributed by atoms with Crippen LogP contribution in [-0.2, 0) is 19.5 Å². The summed E-state index contributed by atoms with van der Waals surface area (Å²) in [6.45, 7) is 4.46. The SMILES string of the molecule is CCCCCC.[CH3-].[CH3-].[Zn+2]. The summed E-state index contributed by atoms with van der Waals surface area (Å²) in [6.07, 6.45) is 5.54. The van der Waals surface area contributed by atoms with Crippen molar-refractivity contribution in [1.82, 2.24) is 0 Å². The fraction of sp³-hybridized carbons (Fsp3) is 0.750. The zero-order valence-electron chi connectivity index (χ0n) is 7.54. The van der Waals surface area contributed by atoms with Crippen LogP contribution in [0.3, 0.4) is 0 Å². The van der Waals surface area contributed by atoms with E-state index in [0.717, 1.165) is 0 Å². The third-order valence-electron chi connectivity index (χ3n) is 0.957. The Bertz CT molecular complexity index is 16.5. The van der Waals surface area contributed by atoms with Crippen LogP contribution in [-0.4, -0.2) is 0 Å². The molecular formula is C8H20Zn. The van der Waals surface area contributed by atoms with Gasteiger partial charge in [0.2, 0.25) is 0 Å². The van der Waals surface area contributed by atoms with Crippen LogP contribution in [0.1, 0.15) is 39.5 Å². The first-order valence-corrected chi connectivity index (χ1v) is 2.91. The minimum atomic E-state index is 0. The van der Waals surface area contributed by atoms with E-state index in [-0.39, 0.29) is 34.3 Å². The second kappa shape index (κ2) is 23.4. The number of unbranched alkanes of at least 4 members (excludes halogenated alkanes) is 3. The molecule has 0 saturated heterocycles. The molecule has 0 aromatic carbocycles. The molecule has 1 heteroatoms. The Kier molecular flexibility index (Phi) is 59.0. The fourth-order valence-corrected chi connectivity index (χ4v) is 0.500. The molecule has 0 aliphatic rings. The summed E-state index contributed by atoms with van der Waals surface area (Å²) in [6, 6.07) is 0. The van der Waals surface area contributed by atoms with E-state index in [9.17, 15) is 0 Å². The van der Waals surface area contributed by atoms with Gasteiger partial charge in [-0.15, -0.1) is 0 Å². The van der Waals surface area contributed by atoms with Gasteiger partial charge in [-0.2, -0.15) is 0 Å². The molecule has 0 nitrogen and oxygen atoms in total. The van der Waals surface area contributed by atoms with E-state index in [4.69, 9.17) is 0 Å². The van der Waals surface area contributed by atoms with Crippen molar-refractivity contribution in [3.05, 3.63) is 14.9 Å². The van der Waals surface area contributed by atoms with Gasteiger partial charge in [-0.1, -0.05) is 39.5 Å². The monoisotopic (exact) mass is 180 g/mol. The fourth-order valence-electron chi connectivity index (χ4n) is 0.500. The summed E-state index contributed by atoms with van der Waals surface area (Å²) in [5, 5.41) is 0. The Morgan fingerprint density at radius 2 is 1.00 bits per heavy atom. The topological polar surface area (TPSA) is 0 Å². The molecule has 0 fully saturated rings. The van der Waals surface area contributed by atoms with Gasteiger partial charge in [0.1, 0.15) is 0 Å². The van der Waals surface area contributed by atoms with Gasteiger partial charge >= 0.3 is 19.5 Å². The third kappa shape index (κ3) is 28.8. The zero-order valence-corrected chi connectivity index (χ0v) is 10.5. The Balaban J connectivity index is -0.0000000417. The molecule has 0 atom stereocenters. The number of hydrogen-bond acceptors (Lipinski definition) is 0. The Morgan fingerprint density at radius 3 is 1.11 bits per heavy atom. The molecule has 9 heavy (non-hydrogen) atoms. The maximum Gasteiger partial charge on any atom is 2.00 e. The number of rotatable bonds is 3. The van der Waals surface area contributed by atoms with E-state index in [0.29, 0.717) is 0 Å². The van der Waals surface area contributed by atoms with Gasteiger partial charge < -0.3 is 14.9 Å². The summed E-state index contributed by atoms with van der Waals surface area (Å²) >= 11 is 0. The van der Waals surface area contributed by atoms with Gasteiger partial charge in [-0.25, -0.2) is 0 Å². The molecule has 0 heterocycles. The average Bonchev–Trinajstić information content (AvgIpc) is 1.61. The number of hydrogen-bond donors (Lipinski definition) is 0. The van der Waals surface area contributed by atoms with Crippen LogP contribution in [0.15, 0.2) is 0 Å². The van der Waals surface area contributed by atoms with Crippen molar-refractivity contribution in [2.24, 2.45) is 0 Å². The predicted octanol–water partition coefficient (Wildman–Crippen LogP) is 3.48. The van der Waals surface area contributed by atoms with E-state index in [1.54, 1.807) is 0 Å². The molecule has 0 amide bonds. The first-order valence-electron chi connectivity index (χ1n) is 2.91. The van der Waals surface area contributed by atoms with Crippen molar-refractivity contribution < 1.29 is 19.5 Å². The van der Waals surface area contributed by atoms with Crippen LogP contribution in [0.4, 0.5) is 0 Å². The van der Waals surface area contributed by atoms with Crippen LogP contribution in [0.2, 0.25) is 0 Å². The van der Waals surface area contributed by atoms with Crippen LogP contribution in [0.5, 0.6) is 0 Å². The van der Waals surface area contributed by atoms with Crippen LogP contribution in [0, 0.1) is 14.9 Å². The van der Waals surface area contributed by atoms with E-state index >= 15 is 0 Å². The summed E-state index contributed by atoms with van der Waals surface area (Å²) in [4.78, 5) is 0. The third-order valence-corrected chi connectivity index (χ3v) is 0.957. The van der Waals surface area contributed by atoms with Crippen molar-refractivity contribution in [3.8, 4) is 0 Å². The summed E-state index contributed by atoms with van der Waals surface area (Å²) in [5.74, 6) is 0. The van der Waals surface area contributed by atoms with Gasteiger partial charge in [0.15, 0.2) is 0 Å². The van der Waals surface area contributed by atoms with Gasteiger partial charge in [0.05, 0.1) is 0 Å². The van der Waals surface area contributed by atoms with Crippen molar-refractivity contribution in [3.63, 3.8) is 0 Å². The quantitative estimate of drug-likeness (QED) is 0.355. The molecule has 0 bridgehead atoms. The van der Waals surface area contributed by atoms with E-state index < -0.39 is 0 Å². The van der Waals surface area contributed by atoms with Crippen molar-refractivity contribution in [2.45, 2.75) is 39.5 Å². The molecule has 0 spiro atoms. The normalized spacial score (nSPS) is 6.00. The summed E-state index contributed by atoms with van der Waals surface area (Å²) < 4.78 is 0. The minimum absolute atomic E-state index is 0.